The van der Waals surface area contributed by atoms with Gasteiger partial charge < -0.3 is 16.1 Å². The fourth-order valence-electron chi connectivity index (χ4n) is 3.74. The van der Waals surface area contributed by atoms with E-state index in [4.69, 9.17) is 5.73 Å². The monoisotopic (exact) mass is 432 g/mol. The van der Waals surface area contributed by atoms with Crippen molar-refractivity contribution < 1.29 is 18.0 Å². The van der Waals surface area contributed by atoms with Gasteiger partial charge >= 0.3 is 6.18 Å². The molecule has 1 heterocycles. The van der Waals surface area contributed by atoms with Gasteiger partial charge in [0.25, 0.3) is 0 Å². The van der Waals surface area contributed by atoms with Crippen LogP contribution in [0.1, 0.15) is 42.0 Å². The Morgan fingerprint density at radius 1 is 1.10 bits per heavy atom. The Morgan fingerprint density at radius 2 is 1.77 bits per heavy atom. The first-order valence-corrected chi connectivity index (χ1v) is 10.1. The molecule has 5 nitrogen and oxygen atoms in total. The summed E-state index contributed by atoms with van der Waals surface area (Å²) < 4.78 is 40.1. The summed E-state index contributed by atoms with van der Waals surface area (Å²) in [6.07, 6.45) is -3.56. The highest BCUT2D eigenvalue weighted by Crippen LogP contribution is 2.44. The van der Waals surface area contributed by atoms with Crippen LogP contribution < -0.4 is 21.5 Å². The Labute approximate surface area is 180 Å². The summed E-state index contributed by atoms with van der Waals surface area (Å²) in [6, 6.07) is 9.71. The number of halogens is 3. The number of nitrogens with two attached hydrogens (primary N) is 1. The lowest BCUT2D eigenvalue weighted by Gasteiger charge is -2.21. The molecule has 0 atom stereocenters. The summed E-state index contributed by atoms with van der Waals surface area (Å²) in [5.74, 6) is -0.192. The van der Waals surface area contributed by atoms with Crippen molar-refractivity contribution in [2.45, 2.75) is 39.8 Å². The van der Waals surface area contributed by atoms with Crippen molar-refractivity contribution in [3.05, 3.63) is 64.3 Å². The number of nitrogens with one attached hydrogen (secondary N) is 2. The number of carbonyl (C=O) groups excluding carboxylic acids is 1. The van der Waals surface area contributed by atoms with Crippen LogP contribution in [-0.4, -0.2) is 19.0 Å². The molecular weight excluding hydrogens is 405 g/mol. The molecule has 1 aliphatic rings. The fourth-order valence-corrected chi connectivity index (χ4v) is 3.74. The number of fused-ring (bicyclic) bond motifs is 1. The number of carbonyl (C=O) groups is 1. The van der Waals surface area contributed by atoms with Crippen molar-refractivity contribution in [3.63, 3.8) is 0 Å². The number of hydrogen-bond donors (Lipinski definition) is 3. The van der Waals surface area contributed by atoms with Gasteiger partial charge in [0.15, 0.2) is 0 Å². The van der Waals surface area contributed by atoms with E-state index in [9.17, 15) is 18.0 Å². The molecule has 8 heteroatoms. The second-order valence-corrected chi connectivity index (χ2v) is 7.83. The summed E-state index contributed by atoms with van der Waals surface area (Å²) in [5.41, 5.74) is 15.8. The molecule has 0 unspecified atom stereocenters. The normalized spacial score (nSPS) is 15.0. The molecule has 166 valence electrons. The quantitative estimate of drug-likeness (QED) is 0.585. The summed E-state index contributed by atoms with van der Waals surface area (Å²) in [6.45, 7) is 6.52. The zero-order valence-corrected chi connectivity index (χ0v) is 17.9. The molecular formula is C23H27F3N4O. The minimum atomic E-state index is -4.43. The summed E-state index contributed by atoms with van der Waals surface area (Å²) >= 11 is 0. The van der Waals surface area contributed by atoms with Crippen molar-refractivity contribution in [1.82, 2.24) is 10.9 Å². The van der Waals surface area contributed by atoms with E-state index in [1.807, 2.05) is 36.9 Å². The average molecular weight is 432 g/mol. The van der Waals surface area contributed by atoms with Crippen molar-refractivity contribution >= 4 is 22.9 Å². The van der Waals surface area contributed by atoms with E-state index in [1.165, 1.54) is 12.1 Å². The maximum atomic E-state index is 13.4. The minimum absolute atomic E-state index is 0.192. The molecule has 31 heavy (non-hydrogen) atoms. The van der Waals surface area contributed by atoms with Crippen LogP contribution in [0.2, 0.25) is 0 Å². The zero-order valence-electron chi connectivity index (χ0n) is 17.9. The minimum Gasteiger partial charge on any atom is -0.336 e. The third-order valence-electron chi connectivity index (χ3n) is 5.23. The predicted molar refractivity (Wildman–Crippen MR) is 117 cm³/mol. The predicted octanol–water partition coefficient (Wildman–Crippen LogP) is 4.56. The van der Waals surface area contributed by atoms with Gasteiger partial charge in [-0.15, -0.1) is 0 Å². The van der Waals surface area contributed by atoms with Gasteiger partial charge in [0.05, 0.1) is 12.1 Å². The molecule has 4 N–H and O–H groups in total. The summed E-state index contributed by atoms with van der Waals surface area (Å²) in [4.78, 5) is 13.8. The standard InChI is InChI=1S/C23H27F3N4O/c1-14-9-15(2)11-18(10-14)30-13-20(16(3)28-29-22(31)5-4-8-27)19-7-6-17(12-21(19)30)23(24,25)26/h6-7,9-12,28H,4-5,8,13,27H2,1-3H3,(H,29,31)/b20-16+. The van der Waals surface area contributed by atoms with Gasteiger partial charge in [0.1, 0.15) is 0 Å². The number of hydrazine groups is 1. The Kier molecular flexibility index (Phi) is 6.59. The van der Waals surface area contributed by atoms with Crippen molar-refractivity contribution in [3.8, 4) is 0 Å². The van der Waals surface area contributed by atoms with Gasteiger partial charge in [0, 0.05) is 34.6 Å². The topological polar surface area (TPSA) is 70.4 Å². The van der Waals surface area contributed by atoms with Crippen LogP contribution in [0.4, 0.5) is 24.5 Å². The first-order chi connectivity index (χ1) is 14.6. The zero-order chi connectivity index (χ0) is 22.8. The van der Waals surface area contributed by atoms with Gasteiger partial charge in [-0.25, -0.2) is 0 Å². The molecule has 2 aromatic rings. The summed E-state index contributed by atoms with van der Waals surface area (Å²) in [7, 11) is 0. The number of rotatable bonds is 6. The first kappa shape index (κ1) is 22.7. The smallest absolute Gasteiger partial charge is 0.336 e. The number of anilines is 2. The Morgan fingerprint density at radius 3 is 2.39 bits per heavy atom. The molecule has 0 aromatic heterocycles. The fraction of sp³-hybridized carbons (Fsp3) is 0.348. The Bertz CT molecular complexity index is 994. The van der Waals surface area contributed by atoms with Gasteiger partial charge in [-0.2, -0.15) is 13.2 Å². The molecule has 0 radical (unpaired) electrons. The maximum Gasteiger partial charge on any atom is 0.416 e. The van der Waals surface area contributed by atoms with E-state index in [-0.39, 0.29) is 5.91 Å². The third kappa shape index (κ3) is 5.19. The van der Waals surface area contributed by atoms with Gasteiger partial charge in [-0.1, -0.05) is 12.1 Å². The van der Waals surface area contributed by atoms with Crippen molar-refractivity contribution in [1.29, 1.82) is 0 Å². The number of benzene rings is 2. The average Bonchev–Trinajstić information content (AvgIpc) is 3.08. The van der Waals surface area contributed by atoms with E-state index in [0.29, 0.717) is 42.9 Å². The van der Waals surface area contributed by atoms with Gasteiger partial charge in [-0.3, -0.25) is 10.2 Å². The SMILES string of the molecule is C/C(NNC(=O)CCCN)=C1/CN(c2cc(C)cc(C)c2)c2cc(C(F)(F)F)ccc21. The Hall–Kier alpha value is -3.00. The molecule has 0 bridgehead atoms. The second kappa shape index (κ2) is 9.01. The molecule has 3 rings (SSSR count). The van der Waals surface area contributed by atoms with E-state index in [0.717, 1.165) is 28.5 Å². The van der Waals surface area contributed by atoms with E-state index < -0.39 is 11.7 Å². The van der Waals surface area contributed by atoms with Crippen molar-refractivity contribution in [2.75, 3.05) is 18.0 Å². The molecule has 0 saturated carbocycles. The molecule has 0 aliphatic carbocycles. The summed E-state index contributed by atoms with van der Waals surface area (Å²) in [5, 5.41) is 0. The lowest BCUT2D eigenvalue weighted by atomic mass is 10.0. The molecule has 1 aliphatic heterocycles. The van der Waals surface area contributed by atoms with Gasteiger partial charge in [0.2, 0.25) is 5.91 Å². The lowest BCUT2D eigenvalue weighted by molar-refractivity contribution is -0.137. The van der Waals surface area contributed by atoms with E-state index >= 15 is 0 Å². The number of allylic oxidation sites excluding steroid dienone is 1. The van der Waals surface area contributed by atoms with Crippen LogP contribution in [-0.2, 0) is 11.0 Å². The lowest BCUT2D eigenvalue weighted by Crippen LogP contribution is -2.36. The largest absolute Gasteiger partial charge is 0.416 e. The van der Waals surface area contributed by atoms with Crippen molar-refractivity contribution in [2.24, 2.45) is 5.73 Å². The number of nitrogens with zero attached hydrogens (tertiary/aromatic N) is 1. The van der Waals surface area contributed by atoms with Gasteiger partial charge in [-0.05, 0) is 69.1 Å². The van der Waals surface area contributed by atoms with Crippen LogP contribution in [0.3, 0.4) is 0 Å². The maximum absolute atomic E-state index is 13.4. The van der Waals surface area contributed by atoms with E-state index in [2.05, 4.69) is 10.9 Å². The Balaban J connectivity index is 2.00. The number of amides is 1. The highest BCUT2D eigenvalue weighted by Gasteiger charge is 2.34. The second-order valence-electron chi connectivity index (χ2n) is 7.83. The highest BCUT2D eigenvalue weighted by atomic mass is 19.4. The first-order valence-electron chi connectivity index (χ1n) is 10.1. The molecule has 0 fully saturated rings. The van der Waals surface area contributed by atoms with Crippen LogP contribution >= 0.6 is 0 Å². The molecule has 2 aromatic carbocycles. The number of hydrogen-bond acceptors (Lipinski definition) is 4. The molecule has 0 saturated heterocycles. The molecule has 1 amide bonds. The van der Waals surface area contributed by atoms with Crippen LogP contribution in [0.15, 0.2) is 42.1 Å². The highest BCUT2D eigenvalue weighted by molar-refractivity contribution is 5.91. The third-order valence-corrected chi connectivity index (χ3v) is 5.23. The van der Waals surface area contributed by atoms with Crippen LogP contribution in [0.5, 0.6) is 0 Å². The number of aryl methyl sites for hydroxylation is 2. The van der Waals surface area contributed by atoms with E-state index in [1.54, 1.807) is 6.92 Å². The number of alkyl halides is 3. The van der Waals surface area contributed by atoms with Crippen LogP contribution in [0.25, 0.3) is 5.57 Å². The molecule has 0 spiro atoms. The van der Waals surface area contributed by atoms with Crippen LogP contribution in [0, 0.1) is 13.8 Å².